The third-order valence-electron chi connectivity index (χ3n) is 9.57. The van der Waals surface area contributed by atoms with E-state index in [2.05, 4.69) is 39.2 Å². The maximum absolute atomic E-state index is 13.0. The number of unbranched alkanes of at least 4 members (excludes halogenated alkanes) is 1. The van der Waals surface area contributed by atoms with E-state index in [9.17, 15) is 4.79 Å². The van der Waals surface area contributed by atoms with Crippen LogP contribution < -0.4 is 15.5 Å². The molecule has 4 fully saturated rings. The molecule has 4 aliphatic rings. The molecule has 1 aromatic heterocycles. The number of rotatable bonds is 9. The van der Waals surface area contributed by atoms with Gasteiger partial charge in [0.15, 0.2) is 0 Å². The van der Waals surface area contributed by atoms with Crippen molar-refractivity contribution in [2.45, 2.75) is 96.9 Å². The molecule has 3 aliphatic heterocycles. The van der Waals surface area contributed by atoms with Gasteiger partial charge in [-0.1, -0.05) is 39.5 Å². The summed E-state index contributed by atoms with van der Waals surface area (Å²) in [5.74, 6) is 1.25. The summed E-state index contributed by atoms with van der Waals surface area (Å²) in [6.45, 7) is 13.3. The zero-order chi connectivity index (χ0) is 28.4. The van der Waals surface area contributed by atoms with Gasteiger partial charge < -0.3 is 25.3 Å². The highest BCUT2D eigenvalue weighted by atomic mass is 16.1. The predicted octanol–water partition coefficient (Wildman–Crippen LogP) is 5.13. The third-order valence-corrected chi connectivity index (χ3v) is 9.57. The number of pyridine rings is 1. The fourth-order valence-electron chi connectivity index (χ4n) is 6.21. The molecule has 3 saturated heterocycles. The Labute approximate surface area is 243 Å². The molecule has 0 aromatic carbocycles. The summed E-state index contributed by atoms with van der Waals surface area (Å²) in [5, 5.41) is 14.8. The molecule has 0 radical (unpaired) electrons. The van der Waals surface area contributed by atoms with Crippen molar-refractivity contribution in [3.05, 3.63) is 17.7 Å². The smallest absolute Gasteiger partial charge is 0.270 e. The van der Waals surface area contributed by atoms with Crippen molar-refractivity contribution >= 4 is 23.3 Å². The Morgan fingerprint density at radius 3 is 2.05 bits per heavy atom. The quantitative estimate of drug-likeness (QED) is 0.367. The van der Waals surface area contributed by atoms with Crippen LogP contribution in [-0.2, 0) is 4.79 Å². The second-order valence-corrected chi connectivity index (χ2v) is 12.5. The Kier molecular flexibility index (Phi) is 11.7. The molecule has 1 aliphatic carbocycles. The molecule has 0 bridgehead atoms. The van der Waals surface area contributed by atoms with Crippen molar-refractivity contribution in [3.63, 3.8) is 0 Å². The Hall–Kier alpha value is -2.19. The molecule has 5 rings (SSSR count). The van der Waals surface area contributed by atoms with Gasteiger partial charge in [0.2, 0.25) is 0 Å². The van der Waals surface area contributed by atoms with Gasteiger partial charge in [0.25, 0.3) is 5.91 Å². The lowest BCUT2D eigenvalue weighted by Crippen LogP contribution is -2.48. The van der Waals surface area contributed by atoms with Crippen molar-refractivity contribution < 1.29 is 4.79 Å². The molecule has 40 heavy (non-hydrogen) atoms. The van der Waals surface area contributed by atoms with Crippen LogP contribution >= 0.6 is 0 Å². The summed E-state index contributed by atoms with van der Waals surface area (Å²) in [5.41, 5.74) is 1.32. The number of hydrogen-bond donors (Lipinski definition) is 3. The van der Waals surface area contributed by atoms with Crippen LogP contribution in [0.25, 0.3) is 0 Å². The van der Waals surface area contributed by atoms with E-state index in [1.54, 1.807) is 0 Å². The van der Waals surface area contributed by atoms with Crippen molar-refractivity contribution in [2.24, 2.45) is 5.41 Å². The van der Waals surface area contributed by atoms with Gasteiger partial charge in [-0.25, -0.2) is 4.98 Å². The van der Waals surface area contributed by atoms with Crippen LogP contribution in [0.1, 0.15) is 96.5 Å². The standard InChI is InChI=1S/C28H45N7O.C4H10/c1-30-26-23(6-7-24(32-26)35-14-4-2-3-5-15-35)25(29)27(36)31-22-8-16-33(17-9-22)20-21-34-18-12-28(10-11-28)13-19-34;1-3-4-2/h6-7,22,29H,2-5,8-21H2,1H3,(H,30,32)(H,31,36);3-4H2,1-2H3. The molecule has 1 saturated carbocycles. The lowest BCUT2D eigenvalue weighted by molar-refractivity contribution is -0.115. The van der Waals surface area contributed by atoms with Crippen LogP contribution in [0.3, 0.4) is 0 Å². The van der Waals surface area contributed by atoms with E-state index in [4.69, 9.17) is 10.4 Å². The number of carbonyl (C=O) groups excluding carboxylic acids is 1. The van der Waals surface area contributed by atoms with Gasteiger partial charge in [0.05, 0.1) is 0 Å². The molecular weight excluding hydrogens is 498 g/mol. The molecule has 0 unspecified atom stereocenters. The molecule has 3 N–H and O–H groups in total. The normalized spacial score (nSPS) is 21.7. The summed E-state index contributed by atoms with van der Waals surface area (Å²) < 4.78 is 0. The fraction of sp³-hybridized carbons (Fsp3) is 0.781. The Morgan fingerprint density at radius 2 is 1.50 bits per heavy atom. The number of piperidine rings is 2. The van der Waals surface area contributed by atoms with E-state index in [0.717, 1.165) is 56.8 Å². The number of hydrogen-bond acceptors (Lipinski definition) is 7. The topological polar surface area (TPSA) is 87.6 Å². The van der Waals surface area contributed by atoms with E-state index < -0.39 is 0 Å². The van der Waals surface area contributed by atoms with Crippen LogP contribution in [0.5, 0.6) is 0 Å². The Bertz CT molecular complexity index is 935. The highest BCUT2D eigenvalue weighted by Crippen LogP contribution is 2.53. The zero-order valence-electron chi connectivity index (χ0n) is 25.6. The van der Waals surface area contributed by atoms with Crippen LogP contribution in [0.2, 0.25) is 0 Å². The molecule has 8 heteroatoms. The molecular formula is C32H55N7O. The highest BCUT2D eigenvalue weighted by molar-refractivity contribution is 6.45. The van der Waals surface area contributed by atoms with Gasteiger partial charge in [-0.2, -0.15) is 0 Å². The second-order valence-electron chi connectivity index (χ2n) is 12.5. The summed E-state index contributed by atoms with van der Waals surface area (Å²) in [4.78, 5) is 25.2. The zero-order valence-corrected chi connectivity index (χ0v) is 25.6. The summed E-state index contributed by atoms with van der Waals surface area (Å²) in [6, 6.07) is 3.99. The molecule has 1 aromatic rings. The first-order valence-electron chi connectivity index (χ1n) is 16.2. The van der Waals surface area contributed by atoms with E-state index in [0.29, 0.717) is 11.4 Å². The minimum Gasteiger partial charge on any atom is -0.373 e. The highest BCUT2D eigenvalue weighted by Gasteiger charge is 2.44. The number of aromatic nitrogens is 1. The monoisotopic (exact) mass is 553 g/mol. The van der Waals surface area contributed by atoms with Gasteiger partial charge in [0.1, 0.15) is 17.3 Å². The van der Waals surface area contributed by atoms with E-state index in [-0.39, 0.29) is 17.7 Å². The number of amides is 1. The second kappa shape index (κ2) is 15.2. The molecule has 1 amide bonds. The molecule has 0 atom stereocenters. The van der Waals surface area contributed by atoms with Gasteiger partial charge >= 0.3 is 0 Å². The van der Waals surface area contributed by atoms with Crippen molar-refractivity contribution in [3.8, 4) is 0 Å². The van der Waals surface area contributed by atoms with Crippen LogP contribution in [0.15, 0.2) is 12.1 Å². The molecule has 8 nitrogen and oxygen atoms in total. The molecule has 224 valence electrons. The Morgan fingerprint density at radius 1 is 0.900 bits per heavy atom. The lowest BCUT2D eigenvalue weighted by Gasteiger charge is -2.36. The van der Waals surface area contributed by atoms with Gasteiger partial charge in [-0.15, -0.1) is 0 Å². The number of nitrogens with one attached hydrogen (secondary N) is 3. The van der Waals surface area contributed by atoms with E-state index >= 15 is 0 Å². The average molecular weight is 554 g/mol. The minimum atomic E-state index is -0.295. The first kappa shape index (κ1) is 30.8. The largest absolute Gasteiger partial charge is 0.373 e. The first-order chi connectivity index (χ1) is 19.5. The average Bonchev–Trinajstić information content (AvgIpc) is 3.80. The van der Waals surface area contributed by atoms with E-state index in [1.165, 1.54) is 83.8 Å². The van der Waals surface area contributed by atoms with Crippen LogP contribution in [0, 0.1) is 10.8 Å². The Balaban J connectivity index is 0.000000867. The number of carbonyl (C=O) groups is 1. The fourth-order valence-corrected chi connectivity index (χ4v) is 6.21. The molecule has 4 heterocycles. The SMILES string of the molecule is CCCC.CNc1nc(N2CCCCCC2)ccc1C(=N)C(=O)NC1CCN(CCN2CCC3(CC2)CC3)CC1. The van der Waals surface area contributed by atoms with Crippen molar-refractivity contribution in [1.82, 2.24) is 20.1 Å². The third kappa shape index (κ3) is 8.65. The van der Waals surface area contributed by atoms with Gasteiger partial charge in [-0.05, 0) is 82.0 Å². The summed E-state index contributed by atoms with van der Waals surface area (Å²) in [7, 11) is 1.81. The maximum atomic E-state index is 13.0. The summed E-state index contributed by atoms with van der Waals surface area (Å²) >= 11 is 0. The first-order valence-corrected chi connectivity index (χ1v) is 16.2. The van der Waals surface area contributed by atoms with Crippen LogP contribution in [0.4, 0.5) is 11.6 Å². The van der Waals surface area contributed by atoms with Crippen LogP contribution in [-0.4, -0.2) is 91.9 Å². The molecule has 1 spiro atoms. The van der Waals surface area contributed by atoms with Crippen molar-refractivity contribution in [2.75, 3.05) is 69.6 Å². The number of anilines is 2. The number of nitrogens with zero attached hydrogens (tertiary/aromatic N) is 4. The predicted molar refractivity (Wildman–Crippen MR) is 167 cm³/mol. The van der Waals surface area contributed by atoms with Gasteiger partial charge in [0, 0.05) is 57.9 Å². The summed E-state index contributed by atoms with van der Waals surface area (Å²) in [6.07, 6.45) is 15.2. The van der Waals surface area contributed by atoms with E-state index in [1.807, 2.05) is 19.2 Å². The maximum Gasteiger partial charge on any atom is 0.270 e. The van der Waals surface area contributed by atoms with Crippen molar-refractivity contribution in [1.29, 1.82) is 5.41 Å². The lowest BCUT2D eigenvalue weighted by atomic mass is 9.94. The minimum absolute atomic E-state index is 0.00442. The number of likely N-dealkylation sites (tertiary alicyclic amines) is 2. The van der Waals surface area contributed by atoms with Gasteiger partial charge in [-0.3, -0.25) is 10.2 Å².